The van der Waals surface area contributed by atoms with Crippen molar-refractivity contribution in [3.63, 3.8) is 0 Å². The van der Waals surface area contributed by atoms with Gasteiger partial charge in [-0.15, -0.1) is 0 Å². The SMILES string of the molecule is CCCC1(c2c(C)cc(C)cc2OC)CCCN1. The maximum absolute atomic E-state index is 5.65. The standard InChI is InChI=1S/C16H25NO/c1-5-7-16(8-6-9-17-16)15-13(3)10-12(2)11-14(15)18-4/h10-11,17H,5-9H2,1-4H3. The van der Waals surface area contributed by atoms with Crippen molar-refractivity contribution in [1.29, 1.82) is 0 Å². The summed E-state index contributed by atoms with van der Waals surface area (Å²) in [6.07, 6.45) is 4.87. The van der Waals surface area contributed by atoms with Gasteiger partial charge in [-0.25, -0.2) is 0 Å². The van der Waals surface area contributed by atoms with Crippen molar-refractivity contribution in [1.82, 2.24) is 5.32 Å². The van der Waals surface area contributed by atoms with Gasteiger partial charge in [0, 0.05) is 11.1 Å². The molecule has 100 valence electrons. The minimum absolute atomic E-state index is 0.137. The summed E-state index contributed by atoms with van der Waals surface area (Å²) < 4.78 is 5.65. The number of benzene rings is 1. The van der Waals surface area contributed by atoms with Gasteiger partial charge in [0.15, 0.2) is 0 Å². The van der Waals surface area contributed by atoms with Crippen molar-refractivity contribution in [3.8, 4) is 5.75 Å². The molecule has 2 heteroatoms. The van der Waals surface area contributed by atoms with E-state index in [4.69, 9.17) is 4.74 Å². The number of nitrogens with one attached hydrogen (secondary N) is 1. The highest BCUT2D eigenvalue weighted by atomic mass is 16.5. The Morgan fingerprint density at radius 2 is 2.11 bits per heavy atom. The zero-order chi connectivity index (χ0) is 13.2. The molecule has 1 fully saturated rings. The molecule has 2 rings (SSSR count). The zero-order valence-electron chi connectivity index (χ0n) is 12.1. The van der Waals surface area contributed by atoms with Crippen LogP contribution in [0.15, 0.2) is 12.1 Å². The summed E-state index contributed by atoms with van der Waals surface area (Å²) in [5, 5.41) is 3.74. The minimum atomic E-state index is 0.137. The second-order valence-corrected chi connectivity index (χ2v) is 5.52. The van der Waals surface area contributed by atoms with E-state index in [2.05, 4.69) is 38.2 Å². The Hall–Kier alpha value is -1.02. The average molecular weight is 247 g/mol. The number of ether oxygens (including phenoxy) is 1. The maximum Gasteiger partial charge on any atom is 0.124 e. The lowest BCUT2D eigenvalue weighted by atomic mass is 9.81. The molecule has 0 radical (unpaired) electrons. The fourth-order valence-electron chi connectivity index (χ4n) is 3.49. The topological polar surface area (TPSA) is 21.3 Å². The summed E-state index contributed by atoms with van der Waals surface area (Å²) >= 11 is 0. The fourth-order valence-corrected chi connectivity index (χ4v) is 3.49. The van der Waals surface area contributed by atoms with Crippen LogP contribution in [-0.4, -0.2) is 13.7 Å². The minimum Gasteiger partial charge on any atom is -0.496 e. The van der Waals surface area contributed by atoms with Crippen LogP contribution >= 0.6 is 0 Å². The lowest BCUT2D eigenvalue weighted by Crippen LogP contribution is -2.37. The van der Waals surface area contributed by atoms with Crippen molar-refractivity contribution in [3.05, 3.63) is 28.8 Å². The van der Waals surface area contributed by atoms with Crippen molar-refractivity contribution >= 4 is 0 Å². The molecule has 0 aliphatic carbocycles. The van der Waals surface area contributed by atoms with Crippen molar-refractivity contribution in [2.45, 2.75) is 52.0 Å². The second kappa shape index (κ2) is 5.31. The molecule has 1 N–H and O–H groups in total. The highest BCUT2D eigenvalue weighted by Gasteiger charge is 2.37. The summed E-state index contributed by atoms with van der Waals surface area (Å²) in [7, 11) is 1.78. The second-order valence-electron chi connectivity index (χ2n) is 5.52. The first kappa shape index (κ1) is 13.4. The van der Waals surface area contributed by atoms with E-state index in [-0.39, 0.29) is 5.54 Å². The molecule has 2 nitrogen and oxygen atoms in total. The summed E-state index contributed by atoms with van der Waals surface area (Å²) in [5.74, 6) is 1.05. The molecule has 18 heavy (non-hydrogen) atoms. The fraction of sp³-hybridized carbons (Fsp3) is 0.625. The van der Waals surface area contributed by atoms with E-state index in [9.17, 15) is 0 Å². The number of hydrogen-bond donors (Lipinski definition) is 1. The predicted molar refractivity (Wildman–Crippen MR) is 76.3 cm³/mol. The van der Waals surface area contributed by atoms with Gasteiger partial charge in [0.05, 0.1) is 7.11 Å². The maximum atomic E-state index is 5.65. The van der Waals surface area contributed by atoms with Crippen LogP contribution in [0.5, 0.6) is 5.75 Å². The van der Waals surface area contributed by atoms with E-state index in [1.807, 2.05) is 0 Å². The van der Waals surface area contributed by atoms with Crippen molar-refractivity contribution in [2.75, 3.05) is 13.7 Å². The molecule has 1 aromatic rings. The van der Waals surface area contributed by atoms with Crippen LogP contribution < -0.4 is 10.1 Å². The highest BCUT2D eigenvalue weighted by Crippen LogP contribution is 2.42. The zero-order valence-corrected chi connectivity index (χ0v) is 12.1. The molecule has 1 heterocycles. The molecule has 1 atom stereocenters. The first-order chi connectivity index (χ1) is 8.63. The lowest BCUT2D eigenvalue weighted by molar-refractivity contribution is 0.327. The largest absolute Gasteiger partial charge is 0.496 e. The van der Waals surface area contributed by atoms with Crippen LogP contribution in [-0.2, 0) is 5.54 Å². The van der Waals surface area contributed by atoms with Gasteiger partial charge >= 0.3 is 0 Å². The van der Waals surface area contributed by atoms with Crippen LogP contribution in [0.4, 0.5) is 0 Å². The predicted octanol–water partition coefficient (Wildman–Crippen LogP) is 3.69. The molecule has 0 saturated carbocycles. The molecular formula is C16H25NO. The highest BCUT2D eigenvalue weighted by molar-refractivity contribution is 5.48. The first-order valence-electron chi connectivity index (χ1n) is 7.03. The van der Waals surface area contributed by atoms with Gasteiger partial charge in [-0.3, -0.25) is 0 Å². The third-order valence-corrected chi connectivity index (χ3v) is 4.06. The summed E-state index contributed by atoms with van der Waals surface area (Å²) in [6.45, 7) is 7.73. The number of hydrogen-bond acceptors (Lipinski definition) is 2. The van der Waals surface area contributed by atoms with Crippen LogP contribution in [0.3, 0.4) is 0 Å². The quantitative estimate of drug-likeness (QED) is 0.876. The van der Waals surface area contributed by atoms with Gasteiger partial charge in [0.1, 0.15) is 5.75 Å². The van der Waals surface area contributed by atoms with Gasteiger partial charge in [-0.2, -0.15) is 0 Å². The van der Waals surface area contributed by atoms with E-state index in [0.29, 0.717) is 0 Å². The van der Waals surface area contributed by atoms with Gasteiger partial charge < -0.3 is 10.1 Å². The van der Waals surface area contributed by atoms with E-state index < -0.39 is 0 Å². The van der Waals surface area contributed by atoms with E-state index in [1.54, 1.807) is 7.11 Å². The Morgan fingerprint density at radius 3 is 2.67 bits per heavy atom. The smallest absolute Gasteiger partial charge is 0.124 e. The molecule has 1 unspecified atom stereocenters. The number of aryl methyl sites for hydroxylation is 2. The Kier molecular flexibility index (Phi) is 3.96. The summed E-state index contributed by atoms with van der Waals surface area (Å²) in [5.41, 5.74) is 4.15. The first-order valence-corrected chi connectivity index (χ1v) is 7.03. The molecule has 0 bridgehead atoms. The summed E-state index contributed by atoms with van der Waals surface area (Å²) in [6, 6.07) is 4.44. The normalized spacial score (nSPS) is 23.3. The van der Waals surface area contributed by atoms with E-state index in [0.717, 1.165) is 12.3 Å². The molecule has 1 aliphatic rings. The van der Waals surface area contributed by atoms with Gasteiger partial charge in [0.25, 0.3) is 0 Å². The van der Waals surface area contributed by atoms with Crippen LogP contribution in [0.1, 0.15) is 49.3 Å². The molecule has 0 spiro atoms. The molecule has 1 aromatic carbocycles. The Morgan fingerprint density at radius 1 is 1.33 bits per heavy atom. The lowest BCUT2D eigenvalue weighted by Gasteiger charge is -2.33. The monoisotopic (exact) mass is 247 g/mol. The van der Waals surface area contributed by atoms with Crippen molar-refractivity contribution < 1.29 is 4.74 Å². The Bertz CT molecular complexity index is 419. The van der Waals surface area contributed by atoms with Gasteiger partial charge in [0.2, 0.25) is 0 Å². The van der Waals surface area contributed by atoms with Crippen LogP contribution in [0.25, 0.3) is 0 Å². The summed E-state index contributed by atoms with van der Waals surface area (Å²) in [4.78, 5) is 0. The van der Waals surface area contributed by atoms with Crippen LogP contribution in [0.2, 0.25) is 0 Å². The van der Waals surface area contributed by atoms with E-state index in [1.165, 1.54) is 42.4 Å². The number of methoxy groups -OCH3 is 1. The van der Waals surface area contributed by atoms with E-state index >= 15 is 0 Å². The average Bonchev–Trinajstić information content (AvgIpc) is 2.77. The van der Waals surface area contributed by atoms with Gasteiger partial charge in [-0.1, -0.05) is 19.4 Å². The molecule has 0 amide bonds. The number of rotatable bonds is 4. The van der Waals surface area contributed by atoms with Crippen LogP contribution in [0, 0.1) is 13.8 Å². The molecule has 0 aromatic heterocycles. The molecular weight excluding hydrogens is 222 g/mol. The van der Waals surface area contributed by atoms with Crippen molar-refractivity contribution in [2.24, 2.45) is 0 Å². The Labute approximate surface area is 111 Å². The van der Waals surface area contributed by atoms with Gasteiger partial charge in [-0.05, 0) is 56.8 Å². The third-order valence-electron chi connectivity index (χ3n) is 4.06. The Balaban J connectivity index is 2.53. The molecule has 1 aliphatic heterocycles. The third kappa shape index (κ3) is 2.26. The molecule has 1 saturated heterocycles.